The number of hydrogen-bond donors (Lipinski definition) is 1. The van der Waals surface area contributed by atoms with Gasteiger partial charge in [-0.05, 0) is 23.8 Å². The molecule has 0 aliphatic heterocycles. The maximum absolute atomic E-state index is 14.2. The molecular formula is C16H13ClF7NO2. The first-order valence-corrected chi connectivity index (χ1v) is 7.11. The second-order valence-corrected chi connectivity index (χ2v) is 5.01. The molecule has 2 aromatic carbocycles. The summed E-state index contributed by atoms with van der Waals surface area (Å²) in [4.78, 5) is 0. The van der Waals surface area contributed by atoms with Gasteiger partial charge >= 0.3 is 12.5 Å². The Morgan fingerprint density at radius 1 is 0.926 bits per heavy atom. The Hall–Kier alpha value is -2.20. The fourth-order valence-corrected chi connectivity index (χ4v) is 2.14. The standard InChI is InChI=1S/C16H12F7NO2.ClH/c17-14-10(2-1-3-11(14)15(18,19)20)9-4-5-12(26-16(21,22)23)13(8-9)25-7-6-24;/h1-5,8H,6-7,24H2;1H. The summed E-state index contributed by atoms with van der Waals surface area (Å²) in [7, 11) is 0. The number of hydrogen-bond acceptors (Lipinski definition) is 3. The average molecular weight is 420 g/mol. The zero-order chi connectivity index (χ0) is 19.5. The minimum Gasteiger partial charge on any atom is -0.488 e. The van der Waals surface area contributed by atoms with E-state index in [1.165, 1.54) is 0 Å². The van der Waals surface area contributed by atoms with Gasteiger partial charge in [0.15, 0.2) is 11.5 Å². The fraction of sp³-hybridized carbons (Fsp3) is 0.250. The lowest BCUT2D eigenvalue weighted by molar-refractivity contribution is -0.275. The van der Waals surface area contributed by atoms with E-state index in [2.05, 4.69) is 4.74 Å². The van der Waals surface area contributed by atoms with Crippen LogP contribution in [0.2, 0.25) is 0 Å². The van der Waals surface area contributed by atoms with E-state index in [9.17, 15) is 30.7 Å². The van der Waals surface area contributed by atoms with Crippen LogP contribution in [0.3, 0.4) is 0 Å². The van der Waals surface area contributed by atoms with Crippen molar-refractivity contribution in [1.82, 2.24) is 0 Å². The second-order valence-electron chi connectivity index (χ2n) is 5.01. The van der Waals surface area contributed by atoms with Crippen molar-refractivity contribution < 1.29 is 40.2 Å². The minimum atomic E-state index is -5.01. The largest absolute Gasteiger partial charge is 0.573 e. The number of alkyl halides is 6. The molecule has 2 N–H and O–H groups in total. The van der Waals surface area contributed by atoms with Gasteiger partial charge in [0.1, 0.15) is 12.4 Å². The number of benzene rings is 2. The van der Waals surface area contributed by atoms with Gasteiger partial charge in [0.05, 0.1) is 5.56 Å². The molecule has 0 aliphatic carbocycles. The monoisotopic (exact) mass is 419 g/mol. The van der Waals surface area contributed by atoms with Crippen LogP contribution in [-0.4, -0.2) is 19.5 Å². The zero-order valence-electron chi connectivity index (χ0n) is 13.3. The summed E-state index contributed by atoms with van der Waals surface area (Å²) < 4.78 is 98.8. The summed E-state index contributed by atoms with van der Waals surface area (Å²) >= 11 is 0. The lowest BCUT2D eigenvalue weighted by Gasteiger charge is -2.16. The predicted octanol–water partition coefficient (Wildman–Crippen LogP) is 5.17. The summed E-state index contributed by atoms with van der Waals surface area (Å²) in [6.07, 6.45) is -9.93. The lowest BCUT2D eigenvalue weighted by atomic mass is 10.0. The van der Waals surface area contributed by atoms with Crippen molar-refractivity contribution >= 4 is 12.4 Å². The van der Waals surface area contributed by atoms with Gasteiger partial charge in [-0.2, -0.15) is 13.2 Å². The van der Waals surface area contributed by atoms with Gasteiger partial charge in [-0.25, -0.2) is 4.39 Å². The van der Waals surface area contributed by atoms with E-state index in [4.69, 9.17) is 10.5 Å². The Morgan fingerprint density at radius 3 is 2.15 bits per heavy atom. The Bertz CT molecular complexity index is 778. The highest BCUT2D eigenvalue weighted by atomic mass is 35.5. The van der Waals surface area contributed by atoms with Crippen LogP contribution in [-0.2, 0) is 6.18 Å². The van der Waals surface area contributed by atoms with Gasteiger partial charge in [0.25, 0.3) is 0 Å². The summed E-state index contributed by atoms with van der Waals surface area (Å²) in [5, 5.41) is 0. The molecule has 0 heterocycles. The van der Waals surface area contributed by atoms with Gasteiger partial charge in [-0.1, -0.05) is 18.2 Å². The van der Waals surface area contributed by atoms with Crippen LogP contribution < -0.4 is 15.2 Å². The maximum atomic E-state index is 14.2. The molecule has 0 amide bonds. The number of halogens is 8. The van der Waals surface area contributed by atoms with Gasteiger partial charge in [0, 0.05) is 12.1 Å². The molecule has 0 saturated carbocycles. The first-order chi connectivity index (χ1) is 12.0. The Morgan fingerprint density at radius 2 is 1.59 bits per heavy atom. The van der Waals surface area contributed by atoms with Crippen molar-refractivity contribution in [2.75, 3.05) is 13.2 Å². The molecule has 27 heavy (non-hydrogen) atoms. The van der Waals surface area contributed by atoms with Crippen LogP contribution in [0.5, 0.6) is 11.5 Å². The number of nitrogens with two attached hydrogens (primary N) is 1. The first-order valence-electron chi connectivity index (χ1n) is 7.11. The van der Waals surface area contributed by atoms with Crippen LogP contribution in [0.15, 0.2) is 36.4 Å². The highest BCUT2D eigenvalue weighted by Gasteiger charge is 2.35. The lowest BCUT2D eigenvalue weighted by Crippen LogP contribution is -2.18. The third kappa shape index (κ3) is 5.90. The van der Waals surface area contributed by atoms with E-state index in [0.29, 0.717) is 6.07 Å². The van der Waals surface area contributed by atoms with Crippen molar-refractivity contribution in [1.29, 1.82) is 0 Å². The fourth-order valence-electron chi connectivity index (χ4n) is 2.14. The molecule has 0 atom stereocenters. The average Bonchev–Trinajstić information content (AvgIpc) is 2.52. The Labute approximate surface area is 155 Å². The highest BCUT2D eigenvalue weighted by molar-refractivity contribution is 5.85. The normalized spacial score (nSPS) is 11.7. The summed E-state index contributed by atoms with van der Waals surface area (Å²) in [5.74, 6) is -2.70. The van der Waals surface area contributed by atoms with E-state index >= 15 is 0 Å². The molecule has 2 aromatic rings. The van der Waals surface area contributed by atoms with E-state index < -0.39 is 41.0 Å². The Kier molecular flexibility index (Phi) is 7.32. The van der Waals surface area contributed by atoms with Crippen LogP contribution in [0, 0.1) is 5.82 Å². The van der Waals surface area contributed by atoms with Crippen molar-refractivity contribution in [3.05, 3.63) is 47.8 Å². The third-order valence-electron chi connectivity index (χ3n) is 3.16. The number of rotatable bonds is 5. The molecular weight excluding hydrogens is 407 g/mol. The smallest absolute Gasteiger partial charge is 0.488 e. The molecule has 3 nitrogen and oxygen atoms in total. The molecule has 2 rings (SSSR count). The number of ether oxygens (including phenoxy) is 2. The molecule has 0 fully saturated rings. The highest BCUT2D eigenvalue weighted by Crippen LogP contribution is 2.39. The zero-order valence-corrected chi connectivity index (χ0v) is 14.1. The van der Waals surface area contributed by atoms with Crippen molar-refractivity contribution in [2.45, 2.75) is 12.5 Å². The van der Waals surface area contributed by atoms with E-state index in [1.54, 1.807) is 0 Å². The van der Waals surface area contributed by atoms with Crippen molar-refractivity contribution in [3.8, 4) is 22.6 Å². The minimum absolute atomic E-state index is 0. The molecule has 0 bridgehead atoms. The quantitative estimate of drug-likeness (QED) is 0.680. The van der Waals surface area contributed by atoms with Gasteiger partial charge in [-0.3, -0.25) is 0 Å². The Balaban J connectivity index is 0.00000364. The van der Waals surface area contributed by atoms with E-state index in [0.717, 1.165) is 30.3 Å². The van der Waals surface area contributed by atoms with Crippen molar-refractivity contribution in [3.63, 3.8) is 0 Å². The van der Waals surface area contributed by atoms with Crippen LogP contribution in [0.25, 0.3) is 11.1 Å². The molecule has 150 valence electrons. The molecule has 0 spiro atoms. The second kappa shape index (κ2) is 8.66. The van der Waals surface area contributed by atoms with E-state index in [-0.39, 0.29) is 31.1 Å². The van der Waals surface area contributed by atoms with Gasteiger partial charge in [0.2, 0.25) is 0 Å². The summed E-state index contributed by atoms with van der Waals surface area (Å²) in [6.45, 7) is -0.212. The maximum Gasteiger partial charge on any atom is 0.573 e. The summed E-state index contributed by atoms with van der Waals surface area (Å²) in [6, 6.07) is 5.39. The van der Waals surface area contributed by atoms with Crippen LogP contribution >= 0.6 is 12.4 Å². The SMILES string of the molecule is Cl.NCCOc1cc(-c2cccc(C(F)(F)F)c2F)ccc1OC(F)(F)F. The topological polar surface area (TPSA) is 44.5 Å². The van der Waals surface area contributed by atoms with Crippen LogP contribution in [0.1, 0.15) is 5.56 Å². The molecule has 0 saturated heterocycles. The molecule has 11 heteroatoms. The van der Waals surface area contributed by atoms with Gasteiger partial charge in [-0.15, -0.1) is 25.6 Å². The predicted molar refractivity (Wildman–Crippen MR) is 85.3 cm³/mol. The molecule has 0 aromatic heterocycles. The van der Waals surface area contributed by atoms with Crippen LogP contribution in [0.4, 0.5) is 30.7 Å². The molecule has 0 aliphatic rings. The van der Waals surface area contributed by atoms with Crippen molar-refractivity contribution in [2.24, 2.45) is 5.73 Å². The summed E-state index contributed by atoms with van der Waals surface area (Å²) in [5.41, 5.74) is 3.17. The van der Waals surface area contributed by atoms with Gasteiger partial charge < -0.3 is 15.2 Å². The first kappa shape index (κ1) is 22.8. The molecule has 0 unspecified atom stereocenters. The van der Waals surface area contributed by atoms with E-state index in [1.807, 2.05) is 0 Å². The third-order valence-corrected chi connectivity index (χ3v) is 3.16. The molecule has 0 radical (unpaired) electrons.